The monoisotopic (exact) mass is 1760 g/mol. The summed E-state index contributed by atoms with van der Waals surface area (Å²) in [5, 5.41) is 74.7. The zero-order valence-corrected chi connectivity index (χ0v) is 80.5. The summed E-state index contributed by atoms with van der Waals surface area (Å²) in [6.07, 6.45) is 0.538. The molecule has 0 bridgehead atoms. The number of hydroxylamine groups is 12. The zero-order chi connectivity index (χ0) is 94.0. The lowest BCUT2D eigenvalue weighted by atomic mass is 9.77. The number of unbranched alkanes of at least 4 members (excludes halogenated alkanes) is 3. The van der Waals surface area contributed by atoms with Gasteiger partial charge in [0.25, 0.3) is 0 Å². The summed E-state index contributed by atoms with van der Waals surface area (Å²) in [6.45, 7) is 48.6. The Kier molecular flexibility index (Phi) is 36.0. The minimum atomic E-state index is -1.96. The van der Waals surface area contributed by atoms with Gasteiger partial charge in [0.2, 0.25) is 0 Å². The van der Waals surface area contributed by atoms with E-state index in [1.54, 1.807) is 6.92 Å². The van der Waals surface area contributed by atoms with Crippen LogP contribution in [-0.4, -0.2) is 239 Å². The molecular formula is C94H160N6O24. The van der Waals surface area contributed by atoms with E-state index in [0.29, 0.717) is 51.4 Å². The fourth-order valence-electron chi connectivity index (χ4n) is 20.6. The highest BCUT2D eigenvalue weighted by molar-refractivity contribution is 6.03. The van der Waals surface area contributed by atoms with Crippen LogP contribution in [0.5, 0.6) is 0 Å². The molecule has 1 aromatic carbocycles. The number of carbonyl (C=O) groups excluding carboxylic acids is 9. The van der Waals surface area contributed by atoms with Crippen LogP contribution < -0.4 is 0 Å². The molecule has 2 unspecified atom stereocenters. The maximum Gasteiger partial charge on any atom is 0.338 e. The van der Waals surface area contributed by atoms with Crippen molar-refractivity contribution in [1.82, 2.24) is 30.4 Å². The van der Waals surface area contributed by atoms with E-state index < -0.39 is 187 Å². The Morgan fingerprint density at radius 1 is 0.347 bits per heavy atom. The standard InChI is InChI=1S/C94H160N6O24/c1-28-33-40-92(75(104)119-66(39-31-4)52-81(6,7)95(110)32-5,76(105)120-67-53-82(8,9)96(111)83(10,11)54-67)43-36-46-116-72(101)63-49-64(73(102)117-47-37-44-93(41-34-29-2,77(106)121-68-55-84(12,13)97(112)85(14,15)56-68)78(107)122-69-57-86(16,17)98(113)87(18,19)58-69)51-65(50-63)74(103)118-48-38-45-94(42-35-30-3,79(108)123-70-59-88(20,21)99(114)89(22,23)60-70)80(109)124-71-61-90(24,25)100(115)91(26,27)62-71/h49-51,66-71,110-115H,28-48,52-62H2,1-27H3. The second-order valence-electron chi connectivity index (χ2n) is 43.5. The number of carbonyl (C=O) groups is 9. The normalized spacial score (nSPS) is 22.2. The highest BCUT2D eigenvalue weighted by Gasteiger charge is 2.59. The molecule has 6 rings (SSSR count). The molecule has 0 aliphatic carbocycles. The topological polar surface area (TPSA) is 378 Å². The zero-order valence-electron chi connectivity index (χ0n) is 80.5. The van der Waals surface area contributed by atoms with Crippen LogP contribution in [-0.2, 0) is 71.4 Å². The van der Waals surface area contributed by atoms with Crippen molar-refractivity contribution in [1.29, 1.82) is 0 Å². The van der Waals surface area contributed by atoms with E-state index in [1.807, 2.05) is 180 Å². The molecule has 0 saturated carbocycles. The fourth-order valence-corrected chi connectivity index (χ4v) is 20.6. The first-order valence-electron chi connectivity index (χ1n) is 45.9. The highest BCUT2D eigenvalue weighted by Crippen LogP contribution is 2.49. The van der Waals surface area contributed by atoms with E-state index >= 15 is 28.8 Å². The molecule has 5 fully saturated rings. The molecule has 0 aromatic heterocycles. The molecule has 1 aromatic rings. The first kappa shape index (κ1) is 107. The third-order valence-corrected chi connectivity index (χ3v) is 26.8. The van der Waals surface area contributed by atoms with Gasteiger partial charge < -0.3 is 73.9 Å². The predicted octanol–water partition coefficient (Wildman–Crippen LogP) is 17.4. The van der Waals surface area contributed by atoms with Crippen LogP contribution in [0.15, 0.2) is 18.2 Å². The molecule has 5 aliphatic rings. The Labute approximate surface area is 739 Å². The average Bonchev–Trinajstić information content (AvgIpc) is 0.768. The molecule has 0 radical (unpaired) electrons. The molecule has 30 heteroatoms. The molecule has 0 amide bonds. The Morgan fingerprint density at radius 3 is 0.742 bits per heavy atom. The van der Waals surface area contributed by atoms with E-state index in [1.165, 1.54) is 30.4 Å². The Morgan fingerprint density at radius 2 is 0.548 bits per heavy atom. The summed E-state index contributed by atoms with van der Waals surface area (Å²) >= 11 is 0. The molecule has 2 atom stereocenters. The molecule has 6 N–H and O–H groups in total. The van der Waals surface area contributed by atoms with Crippen molar-refractivity contribution in [3.63, 3.8) is 0 Å². The number of benzene rings is 1. The van der Waals surface area contributed by atoms with E-state index in [0.717, 1.165) is 18.2 Å². The SMILES string of the molecule is CCCCC(CCCOC(=O)c1cc(C(=O)OCCCC(CCCC)(C(=O)OC2CC(C)(C)N(O)C(C)(C)C2)C(=O)OC2CC(C)(C)N(O)C(C)(C)C2)cc(C(=O)OCCCC(CCCC)(C(=O)OC2CC(C)(C)N(O)C(C)(C)C2)C(=O)OC2CC(C)(C)N(O)C(C)(C)C2)c1)(C(=O)OC(CCC)CC(C)(C)N(O)CC)C(=O)OC1CC(C)(C)N(O)C(C)(C)C1. The van der Waals surface area contributed by atoms with Crippen molar-refractivity contribution in [2.24, 2.45) is 16.2 Å². The van der Waals surface area contributed by atoms with Gasteiger partial charge in [-0.05, 0) is 235 Å². The van der Waals surface area contributed by atoms with E-state index in [9.17, 15) is 45.6 Å². The lowest BCUT2D eigenvalue weighted by molar-refractivity contribution is -0.263. The van der Waals surface area contributed by atoms with Crippen LogP contribution in [0.4, 0.5) is 0 Å². The lowest BCUT2D eigenvalue weighted by Gasteiger charge is -2.51. The van der Waals surface area contributed by atoms with Crippen LogP contribution in [0.1, 0.15) is 398 Å². The van der Waals surface area contributed by atoms with Crippen LogP contribution >= 0.6 is 0 Å². The maximum atomic E-state index is 15.3. The van der Waals surface area contributed by atoms with Crippen molar-refractivity contribution < 1.29 is 117 Å². The lowest BCUT2D eigenvalue weighted by Crippen LogP contribution is -2.61. The second kappa shape index (κ2) is 41.8. The van der Waals surface area contributed by atoms with Crippen molar-refractivity contribution in [2.45, 2.75) is 464 Å². The minimum Gasteiger partial charge on any atom is -0.462 e. The summed E-state index contributed by atoms with van der Waals surface area (Å²) in [5.41, 5.74) is -16.2. The third-order valence-electron chi connectivity index (χ3n) is 26.8. The average molecular weight is 1760 g/mol. The van der Waals surface area contributed by atoms with Crippen molar-refractivity contribution >= 4 is 53.7 Å². The summed E-state index contributed by atoms with van der Waals surface area (Å²) in [5.74, 6) is -8.25. The molecule has 124 heavy (non-hydrogen) atoms. The molecule has 5 aliphatic heterocycles. The summed E-state index contributed by atoms with van der Waals surface area (Å²) < 4.78 is 56.5. The van der Waals surface area contributed by atoms with Crippen molar-refractivity contribution in [3.05, 3.63) is 34.9 Å². The quantitative estimate of drug-likeness (QED) is 0.0116. The Balaban J connectivity index is 1.40. The van der Waals surface area contributed by atoms with Crippen LogP contribution in [0.3, 0.4) is 0 Å². The largest absolute Gasteiger partial charge is 0.462 e. The number of ether oxygens (including phenoxy) is 9. The van der Waals surface area contributed by atoms with Gasteiger partial charge in [-0.15, -0.1) is 0 Å². The van der Waals surface area contributed by atoms with Crippen molar-refractivity contribution in [3.8, 4) is 0 Å². The van der Waals surface area contributed by atoms with Gasteiger partial charge in [-0.3, -0.25) is 28.8 Å². The molecule has 5 heterocycles. The fraction of sp³-hybridized carbons (Fsp3) is 0.840. The smallest absolute Gasteiger partial charge is 0.338 e. The van der Waals surface area contributed by atoms with Crippen LogP contribution in [0.25, 0.3) is 0 Å². The van der Waals surface area contributed by atoms with Gasteiger partial charge in [-0.1, -0.05) is 79.6 Å². The molecular weight excluding hydrogens is 1600 g/mol. The number of piperidine rings is 5. The highest BCUT2D eigenvalue weighted by atomic mass is 16.6. The van der Waals surface area contributed by atoms with Crippen molar-refractivity contribution in [2.75, 3.05) is 26.4 Å². The predicted molar refractivity (Wildman–Crippen MR) is 463 cm³/mol. The van der Waals surface area contributed by atoms with Gasteiger partial charge in [0.05, 0.1) is 36.5 Å². The first-order chi connectivity index (χ1) is 57.0. The third kappa shape index (κ3) is 26.0. The summed E-state index contributed by atoms with van der Waals surface area (Å²) in [7, 11) is 0. The van der Waals surface area contributed by atoms with Gasteiger partial charge in [0, 0.05) is 138 Å². The molecule has 710 valence electrons. The molecule has 5 saturated heterocycles. The first-order valence-corrected chi connectivity index (χ1v) is 45.9. The maximum absolute atomic E-state index is 15.3. The van der Waals surface area contributed by atoms with Gasteiger partial charge in [-0.25, -0.2) is 14.4 Å². The summed E-state index contributed by atoms with van der Waals surface area (Å²) in [4.78, 5) is 137. The van der Waals surface area contributed by atoms with Gasteiger partial charge >= 0.3 is 53.7 Å². The Hall–Kier alpha value is -6.03. The van der Waals surface area contributed by atoms with E-state index in [-0.39, 0.29) is 152 Å². The van der Waals surface area contributed by atoms with E-state index in [2.05, 4.69) is 0 Å². The summed E-state index contributed by atoms with van der Waals surface area (Å²) in [6, 6.07) is 3.47. The second-order valence-corrected chi connectivity index (χ2v) is 43.5. The number of rotatable bonds is 42. The van der Waals surface area contributed by atoms with Gasteiger partial charge in [0.15, 0.2) is 16.2 Å². The van der Waals surface area contributed by atoms with E-state index in [4.69, 9.17) is 42.6 Å². The van der Waals surface area contributed by atoms with Gasteiger partial charge in [-0.2, -0.15) is 30.4 Å². The number of nitrogens with zero attached hydrogens (tertiary/aromatic N) is 6. The molecule has 0 spiro atoms. The van der Waals surface area contributed by atoms with Crippen LogP contribution in [0, 0.1) is 16.2 Å². The number of hydrogen-bond acceptors (Lipinski definition) is 30. The van der Waals surface area contributed by atoms with Crippen LogP contribution in [0.2, 0.25) is 0 Å². The number of hydrogen-bond donors (Lipinski definition) is 6. The molecule has 30 nitrogen and oxygen atoms in total. The minimum absolute atomic E-state index is 0.0172. The number of esters is 9. The Bertz CT molecular complexity index is 3430. The van der Waals surface area contributed by atoms with Gasteiger partial charge in [0.1, 0.15) is 36.6 Å².